The SMILES string of the molecule is O=C1CN(c2c(O)ccc(-c3cc(C4CC4C(F)F)[nH]n3)c2F)S(=O)(=O)N1. The molecule has 1 aromatic carbocycles. The lowest BCUT2D eigenvalue weighted by Gasteiger charge is -2.18. The Bertz CT molecular complexity index is 1040. The zero-order valence-electron chi connectivity index (χ0n) is 13.5. The first-order chi connectivity index (χ1) is 12.7. The average molecular weight is 402 g/mol. The zero-order valence-corrected chi connectivity index (χ0v) is 14.3. The largest absolute Gasteiger partial charge is 0.506 e. The molecule has 0 bridgehead atoms. The number of hydrogen-bond acceptors (Lipinski definition) is 5. The third kappa shape index (κ3) is 2.89. The van der Waals surface area contributed by atoms with E-state index in [1.54, 1.807) is 4.72 Å². The number of aromatic nitrogens is 2. The van der Waals surface area contributed by atoms with Gasteiger partial charge in [-0.2, -0.15) is 13.5 Å². The number of anilines is 1. The standard InChI is InChI=1S/C15H13F3N4O4S/c16-13-6(9-4-10(20-19-9)7-3-8(7)15(17)18)1-2-11(23)14(13)22-5-12(24)21-27(22,25)26/h1-2,4,7-8,15,23H,3,5H2,(H,19,20)(H,21,24). The number of hydrogen-bond donors (Lipinski definition) is 3. The van der Waals surface area contributed by atoms with E-state index in [4.69, 9.17) is 0 Å². The minimum Gasteiger partial charge on any atom is -0.506 e. The Kier molecular flexibility index (Phi) is 3.84. The van der Waals surface area contributed by atoms with Gasteiger partial charge in [-0.1, -0.05) is 0 Å². The fraction of sp³-hybridized carbons (Fsp3) is 0.333. The van der Waals surface area contributed by atoms with Crippen LogP contribution in [-0.2, 0) is 15.0 Å². The van der Waals surface area contributed by atoms with E-state index in [0.29, 0.717) is 16.4 Å². The Balaban J connectivity index is 1.72. The highest BCUT2D eigenvalue weighted by molar-refractivity contribution is 7.92. The molecule has 27 heavy (non-hydrogen) atoms. The van der Waals surface area contributed by atoms with Crippen LogP contribution in [0.15, 0.2) is 18.2 Å². The van der Waals surface area contributed by atoms with Crippen LogP contribution in [0.25, 0.3) is 11.3 Å². The second kappa shape index (κ2) is 5.87. The van der Waals surface area contributed by atoms with E-state index in [0.717, 1.165) is 6.07 Å². The van der Waals surface area contributed by atoms with Gasteiger partial charge in [-0.25, -0.2) is 22.2 Å². The van der Waals surface area contributed by atoms with Gasteiger partial charge in [0.25, 0.3) is 5.91 Å². The first-order valence-corrected chi connectivity index (χ1v) is 9.31. The molecule has 12 heteroatoms. The molecule has 3 N–H and O–H groups in total. The molecular weight excluding hydrogens is 389 g/mol. The molecule has 1 aromatic heterocycles. The third-order valence-electron chi connectivity index (χ3n) is 4.60. The van der Waals surface area contributed by atoms with E-state index < -0.39 is 58.2 Å². The fourth-order valence-electron chi connectivity index (χ4n) is 3.15. The van der Waals surface area contributed by atoms with Crippen LogP contribution in [0.3, 0.4) is 0 Å². The maximum absolute atomic E-state index is 15.0. The third-order valence-corrected chi connectivity index (χ3v) is 5.98. The van der Waals surface area contributed by atoms with Crippen LogP contribution in [0.4, 0.5) is 18.9 Å². The second-order valence-corrected chi connectivity index (χ2v) is 7.98. The lowest BCUT2D eigenvalue weighted by Crippen LogP contribution is -2.30. The second-order valence-electron chi connectivity index (χ2n) is 6.38. The van der Waals surface area contributed by atoms with E-state index in [-0.39, 0.29) is 11.3 Å². The number of phenols is 1. The highest BCUT2D eigenvalue weighted by atomic mass is 32.2. The molecule has 2 aromatic rings. The highest BCUT2D eigenvalue weighted by Crippen LogP contribution is 2.50. The van der Waals surface area contributed by atoms with Crippen LogP contribution in [0.2, 0.25) is 0 Å². The number of nitrogens with one attached hydrogen (secondary N) is 2. The van der Waals surface area contributed by atoms with Crippen LogP contribution in [0.1, 0.15) is 18.0 Å². The smallest absolute Gasteiger partial charge is 0.326 e. The van der Waals surface area contributed by atoms with E-state index in [9.17, 15) is 31.5 Å². The lowest BCUT2D eigenvalue weighted by atomic mass is 10.1. The average Bonchev–Trinajstić information content (AvgIpc) is 3.15. The molecular formula is C15H13F3N4O4S. The molecule has 4 rings (SSSR count). The molecule has 1 amide bonds. The molecule has 2 unspecified atom stereocenters. The van der Waals surface area contributed by atoms with Crippen LogP contribution in [0.5, 0.6) is 5.75 Å². The van der Waals surface area contributed by atoms with E-state index >= 15 is 0 Å². The molecule has 1 saturated carbocycles. The van der Waals surface area contributed by atoms with E-state index in [1.807, 2.05) is 0 Å². The zero-order chi connectivity index (χ0) is 19.5. The molecule has 2 fully saturated rings. The molecule has 8 nitrogen and oxygen atoms in total. The Morgan fingerprint density at radius 2 is 2.07 bits per heavy atom. The number of H-pyrrole nitrogens is 1. The quantitative estimate of drug-likeness (QED) is 0.716. The number of alkyl halides is 2. The number of aromatic amines is 1. The summed E-state index contributed by atoms with van der Waals surface area (Å²) in [6.07, 6.45) is -2.16. The monoisotopic (exact) mass is 402 g/mol. The van der Waals surface area contributed by atoms with Crippen molar-refractivity contribution in [2.75, 3.05) is 10.8 Å². The van der Waals surface area contributed by atoms with Gasteiger partial charge in [0.1, 0.15) is 18.0 Å². The maximum Gasteiger partial charge on any atom is 0.326 e. The maximum atomic E-state index is 15.0. The van der Waals surface area contributed by atoms with Gasteiger partial charge in [-0.05, 0) is 24.6 Å². The van der Waals surface area contributed by atoms with Gasteiger partial charge in [0.15, 0.2) is 5.82 Å². The number of phenolic OH excluding ortho intramolecular Hbond substituents is 1. The Morgan fingerprint density at radius 1 is 1.33 bits per heavy atom. The number of carbonyl (C=O) groups excluding carboxylic acids is 1. The van der Waals surface area contributed by atoms with Gasteiger partial charge < -0.3 is 5.11 Å². The van der Waals surface area contributed by atoms with Crippen LogP contribution < -0.4 is 9.03 Å². The summed E-state index contributed by atoms with van der Waals surface area (Å²) in [6.45, 7) is -0.680. The normalized spacial score (nSPS) is 23.7. The summed E-state index contributed by atoms with van der Waals surface area (Å²) in [4.78, 5) is 11.4. The molecule has 2 aliphatic rings. The molecule has 1 saturated heterocycles. The van der Waals surface area contributed by atoms with Crippen molar-refractivity contribution in [2.24, 2.45) is 5.92 Å². The topological polar surface area (TPSA) is 115 Å². The number of benzene rings is 1. The predicted molar refractivity (Wildman–Crippen MR) is 86.9 cm³/mol. The Labute approximate surface area is 151 Å². The van der Waals surface area contributed by atoms with Crippen molar-refractivity contribution in [1.29, 1.82) is 0 Å². The summed E-state index contributed by atoms with van der Waals surface area (Å²) in [6, 6.07) is 3.66. The molecule has 2 atom stereocenters. The summed E-state index contributed by atoms with van der Waals surface area (Å²) in [7, 11) is -4.33. The van der Waals surface area contributed by atoms with Crippen molar-refractivity contribution in [3.8, 4) is 17.0 Å². The number of nitrogens with zero attached hydrogens (tertiary/aromatic N) is 2. The molecule has 0 radical (unpaired) electrons. The molecule has 1 aliphatic carbocycles. The Hall–Kier alpha value is -2.76. The van der Waals surface area contributed by atoms with Crippen molar-refractivity contribution in [2.45, 2.75) is 18.8 Å². The van der Waals surface area contributed by atoms with Crippen molar-refractivity contribution in [3.05, 3.63) is 29.7 Å². The summed E-state index contributed by atoms with van der Waals surface area (Å²) in [5.41, 5.74) is -0.337. The fourth-order valence-corrected chi connectivity index (χ4v) is 4.31. The molecule has 2 heterocycles. The number of aromatic hydroxyl groups is 1. The van der Waals surface area contributed by atoms with Gasteiger partial charge in [-0.15, -0.1) is 0 Å². The van der Waals surface area contributed by atoms with Gasteiger partial charge in [0.2, 0.25) is 6.43 Å². The number of carbonyl (C=O) groups is 1. The molecule has 1 aliphatic heterocycles. The van der Waals surface area contributed by atoms with Crippen molar-refractivity contribution in [3.63, 3.8) is 0 Å². The number of amides is 1. The summed E-state index contributed by atoms with van der Waals surface area (Å²) >= 11 is 0. The van der Waals surface area contributed by atoms with Gasteiger partial charge in [0, 0.05) is 23.1 Å². The van der Waals surface area contributed by atoms with Crippen LogP contribution >= 0.6 is 0 Å². The van der Waals surface area contributed by atoms with Crippen LogP contribution in [0, 0.1) is 11.7 Å². The predicted octanol–water partition coefficient (Wildman–Crippen LogP) is 1.47. The number of halogens is 3. The van der Waals surface area contributed by atoms with Gasteiger partial charge in [0.05, 0.1) is 5.69 Å². The van der Waals surface area contributed by atoms with E-state index in [1.165, 1.54) is 12.1 Å². The summed E-state index contributed by atoms with van der Waals surface area (Å²) in [5.74, 6) is -3.81. The van der Waals surface area contributed by atoms with Crippen molar-refractivity contribution >= 4 is 21.8 Å². The van der Waals surface area contributed by atoms with Crippen LogP contribution in [-0.4, -0.2) is 42.6 Å². The minimum atomic E-state index is -4.33. The minimum absolute atomic E-state index is 0.0690. The van der Waals surface area contributed by atoms with Gasteiger partial charge in [-0.3, -0.25) is 9.89 Å². The van der Waals surface area contributed by atoms with Crippen molar-refractivity contribution in [1.82, 2.24) is 14.9 Å². The van der Waals surface area contributed by atoms with E-state index in [2.05, 4.69) is 10.2 Å². The van der Waals surface area contributed by atoms with Crippen molar-refractivity contribution < 1.29 is 31.5 Å². The molecule has 0 spiro atoms. The number of rotatable bonds is 4. The lowest BCUT2D eigenvalue weighted by molar-refractivity contribution is -0.117. The first-order valence-electron chi connectivity index (χ1n) is 7.87. The summed E-state index contributed by atoms with van der Waals surface area (Å²) in [5, 5.41) is 16.4. The molecule has 144 valence electrons. The Morgan fingerprint density at radius 3 is 2.67 bits per heavy atom. The first kappa shape index (κ1) is 17.6. The highest BCUT2D eigenvalue weighted by Gasteiger charge is 2.46. The van der Waals surface area contributed by atoms with Gasteiger partial charge >= 0.3 is 10.2 Å². The summed E-state index contributed by atoms with van der Waals surface area (Å²) < 4.78 is 66.4.